The number of azide groups is 1. The zero-order valence-electron chi connectivity index (χ0n) is 5.42. The maximum atomic E-state index is 10.8. The Bertz CT molecular complexity index is 179. The summed E-state index contributed by atoms with van der Waals surface area (Å²) in [5.41, 5.74) is 7.72. The van der Waals surface area contributed by atoms with Gasteiger partial charge in [0.2, 0.25) is 0 Å². The lowest BCUT2D eigenvalue weighted by Crippen LogP contribution is -1.87. The summed E-state index contributed by atoms with van der Waals surface area (Å²) >= 11 is 0. The summed E-state index contributed by atoms with van der Waals surface area (Å²) in [4.78, 5) is 2.19. The van der Waals surface area contributed by atoms with Crippen LogP contribution in [0.4, 0.5) is 0 Å². The lowest BCUT2D eigenvalue weighted by atomic mass is 11.8. The SMILES string of the molecule is COP(=O)(OC)ON=[N+]=[N-]. The predicted molar refractivity (Wildman–Crippen MR) is 31.9 cm³/mol. The Labute approximate surface area is 57.1 Å². The van der Waals surface area contributed by atoms with E-state index in [1.807, 2.05) is 0 Å². The molecule has 0 aromatic heterocycles. The van der Waals surface area contributed by atoms with Crippen molar-refractivity contribution >= 4 is 7.82 Å². The summed E-state index contributed by atoms with van der Waals surface area (Å²) < 4.78 is 23.2. The standard InChI is InChI=1S/C2H6N3O4P/c1-7-10(6,8-2)9-5-4-3/h1-2H3. The van der Waals surface area contributed by atoms with Crippen LogP contribution in [0, 0.1) is 0 Å². The normalized spacial score (nSPS) is 10.2. The van der Waals surface area contributed by atoms with Gasteiger partial charge in [-0.3, -0.25) is 9.05 Å². The van der Waals surface area contributed by atoms with Gasteiger partial charge in [0, 0.05) is 19.1 Å². The highest BCUT2D eigenvalue weighted by molar-refractivity contribution is 7.48. The van der Waals surface area contributed by atoms with Crippen molar-refractivity contribution in [3.63, 3.8) is 0 Å². The van der Waals surface area contributed by atoms with Crippen LogP contribution >= 0.6 is 7.82 Å². The number of hydrogen-bond donors (Lipinski definition) is 0. The minimum absolute atomic E-state index is 1.11. The van der Waals surface area contributed by atoms with Crippen molar-refractivity contribution in [2.24, 2.45) is 5.28 Å². The van der Waals surface area contributed by atoms with Crippen LogP contribution in [0.2, 0.25) is 0 Å². The average molecular weight is 167 g/mol. The molecule has 0 aliphatic heterocycles. The van der Waals surface area contributed by atoms with Crippen LogP contribution in [-0.2, 0) is 18.2 Å². The van der Waals surface area contributed by atoms with Crippen molar-refractivity contribution in [2.45, 2.75) is 0 Å². The van der Waals surface area contributed by atoms with Crippen molar-refractivity contribution in [1.29, 1.82) is 0 Å². The van der Waals surface area contributed by atoms with Crippen molar-refractivity contribution in [3.8, 4) is 0 Å². The quantitative estimate of drug-likeness (QED) is 0.209. The second-order valence-corrected chi connectivity index (χ2v) is 2.85. The molecule has 0 heterocycles. The van der Waals surface area contributed by atoms with Crippen LogP contribution in [0.15, 0.2) is 5.28 Å². The van der Waals surface area contributed by atoms with E-state index in [4.69, 9.17) is 5.53 Å². The van der Waals surface area contributed by atoms with E-state index in [9.17, 15) is 4.57 Å². The fraction of sp³-hybridized carbons (Fsp3) is 1.00. The van der Waals surface area contributed by atoms with Crippen molar-refractivity contribution < 1.29 is 18.2 Å². The van der Waals surface area contributed by atoms with Gasteiger partial charge in [-0.15, -0.1) is 0 Å². The summed E-state index contributed by atoms with van der Waals surface area (Å²) in [6.07, 6.45) is 0. The Hall–Kier alpha value is -0.740. The first-order valence-electron chi connectivity index (χ1n) is 2.13. The summed E-state index contributed by atoms with van der Waals surface area (Å²) in [5.74, 6) is 0. The van der Waals surface area contributed by atoms with E-state index in [-0.39, 0.29) is 0 Å². The van der Waals surface area contributed by atoms with Gasteiger partial charge < -0.3 is 4.62 Å². The molecule has 0 rings (SSSR count). The highest BCUT2D eigenvalue weighted by Gasteiger charge is 2.22. The molecule has 58 valence electrons. The molecule has 0 amide bonds. The largest absolute Gasteiger partial charge is 0.535 e. The molecule has 7 nitrogen and oxygen atoms in total. The van der Waals surface area contributed by atoms with Gasteiger partial charge in [0.05, 0.1) is 0 Å². The molecule has 0 saturated heterocycles. The third-order valence-corrected chi connectivity index (χ3v) is 1.79. The Morgan fingerprint density at radius 3 is 2.30 bits per heavy atom. The molecular weight excluding hydrogens is 161 g/mol. The minimum Gasteiger partial charge on any atom is -0.336 e. The molecule has 0 atom stereocenters. The molecular formula is C2H6N3O4P. The molecule has 0 saturated carbocycles. The second kappa shape index (κ2) is 4.14. The van der Waals surface area contributed by atoms with Gasteiger partial charge in [-0.2, -0.15) is 0 Å². The van der Waals surface area contributed by atoms with E-state index >= 15 is 0 Å². The second-order valence-electron chi connectivity index (χ2n) is 1.07. The van der Waals surface area contributed by atoms with Crippen LogP contribution in [-0.4, -0.2) is 14.2 Å². The highest BCUT2D eigenvalue weighted by atomic mass is 31.2. The summed E-state index contributed by atoms with van der Waals surface area (Å²) in [5, 5.41) is 2.55. The molecule has 0 fully saturated rings. The molecule has 0 unspecified atom stereocenters. The summed E-state index contributed by atoms with van der Waals surface area (Å²) in [7, 11) is -1.40. The van der Waals surface area contributed by atoms with Crippen molar-refractivity contribution in [3.05, 3.63) is 10.4 Å². The molecule has 0 bridgehead atoms. The smallest absolute Gasteiger partial charge is 0.336 e. The maximum absolute atomic E-state index is 10.8. The predicted octanol–water partition coefficient (Wildman–Crippen LogP) is 1.63. The Kier molecular flexibility index (Phi) is 3.83. The van der Waals surface area contributed by atoms with Crippen LogP contribution in [0.3, 0.4) is 0 Å². The topological polar surface area (TPSA) is 93.5 Å². The van der Waals surface area contributed by atoms with Crippen LogP contribution in [0.1, 0.15) is 0 Å². The van der Waals surface area contributed by atoms with Gasteiger partial charge in [0.1, 0.15) is 5.28 Å². The Balaban J connectivity index is 4.06. The van der Waals surface area contributed by atoms with E-state index in [1.54, 1.807) is 0 Å². The first kappa shape index (κ1) is 9.26. The lowest BCUT2D eigenvalue weighted by Gasteiger charge is -2.07. The third kappa shape index (κ3) is 2.70. The lowest BCUT2D eigenvalue weighted by molar-refractivity contribution is 0.154. The van der Waals surface area contributed by atoms with Gasteiger partial charge in [-0.1, -0.05) is 0 Å². The number of hydrogen-bond acceptors (Lipinski definition) is 5. The molecule has 0 spiro atoms. The first-order valence-corrected chi connectivity index (χ1v) is 3.59. The molecule has 0 radical (unpaired) electrons. The average Bonchev–Trinajstić information content (AvgIpc) is 2.00. The Morgan fingerprint density at radius 1 is 1.50 bits per heavy atom. The molecule has 10 heavy (non-hydrogen) atoms. The van der Waals surface area contributed by atoms with Crippen LogP contribution in [0.5, 0.6) is 0 Å². The molecule has 0 aliphatic carbocycles. The minimum atomic E-state index is -3.62. The fourth-order valence-corrected chi connectivity index (χ4v) is 0.607. The van der Waals surface area contributed by atoms with Crippen LogP contribution in [0.25, 0.3) is 10.4 Å². The zero-order valence-corrected chi connectivity index (χ0v) is 6.32. The zero-order chi connectivity index (χ0) is 8.04. The van der Waals surface area contributed by atoms with Crippen molar-refractivity contribution in [2.75, 3.05) is 14.2 Å². The number of nitrogens with zero attached hydrogens (tertiary/aromatic N) is 3. The van der Waals surface area contributed by atoms with Gasteiger partial charge in [0.15, 0.2) is 0 Å². The Morgan fingerprint density at radius 2 is 2.00 bits per heavy atom. The monoisotopic (exact) mass is 167 g/mol. The molecule has 0 aromatic rings. The van der Waals surface area contributed by atoms with E-state index < -0.39 is 7.82 Å². The van der Waals surface area contributed by atoms with E-state index in [2.05, 4.69) is 23.9 Å². The van der Waals surface area contributed by atoms with E-state index in [0.717, 1.165) is 14.2 Å². The van der Waals surface area contributed by atoms with Gasteiger partial charge in [-0.25, -0.2) is 4.57 Å². The van der Waals surface area contributed by atoms with E-state index in [1.165, 1.54) is 0 Å². The number of rotatable bonds is 4. The van der Waals surface area contributed by atoms with Crippen molar-refractivity contribution in [1.82, 2.24) is 0 Å². The first-order chi connectivity index (χ1) is 4.68. The third-order valence-electron chi connectivity index (χ3n) is 0.620. The summed E-state index contributed by atoms with van der Waals surface area (Å²) in [6.45, 7) is 0. The molecule has 0 aliphatic rings. The maximum Gasteiger partial charge on any atom is 0.535 e. The van der Waals surface area contributed by atoms with Gasteiger partial charge >= 0.3 is 7.82 Å². The number of phosphoric acid groups is 1. The molecule has 0 N–H and O–H groups in total. The van der Waals surface area contributed by atoms with Gasteiger partial charge in [0.25, 0.3) is 0 Å². The van der Waals surface area contributed by atoms with Crippen LogP contribution < -0.4 is 0 Å². The fourth-order valence-electron chi connectivity index (χ4n) is 0.202. The van der Waals surface area contributed by atoms with Gasteiger partial charge in [-0.05, 0) is 5.53 Å². The molecule has 8 heteroatoms. The highest BCUT2D eigenvalue weighted by Crippen LogP contribution is 2.47. The molecule has 0 aromatic carbocycles. The van der Waals surface area contributed by atoms with E-state index in [0.29, 0.717) is 0 Å². The number of phosphoric ester groups is 1. The summed E-state index contributed by atoms with van der Waals surface area (Å²) in [6, 6.07) is 0.